The molecule has 1 aliphatic carbocycles. The van der Waals surface area contributed by atoms with Crippen molar-refractivity contribution in [2.75, 3.05) is 20.1 Å². The van der Waals surface area contributed by atoms with Gasteiger partial charge in [0, 0.05) is 36.8 Å². The van der Waals surface area contributed by atoms with E-state index < -0.39 is 5.41 Å². The van der Waals surface area contributed by atoms with E-state index in [1.165, 1.54) is 0 Å². The van der Waals surface area contributed by atoms with Gasteiger partial charge in [-0.05, 0) is 48.2 Å². The van der Waals surface area contributed by atoms with Crippen molar-refractivity contribution in [1.29, 1.82) is 0 Å². The van der Waals surface area contributed by atoms with Crippen molar-refractivity contribution in [3.05, 3.63) is 22.4 Å². The summed E-state index contributed by atoms with van der Waals surface area (Å²) in [6.07, 6.45) is 4.97. The SMILES string of the molecule is CNC(=O)C1(C)CCN(C(=O)c2cc(Br)cn2C2CC2)C1. The van der Waals surface area contributed by atoms with Crippen LogP contribution in [0.5, 0.6) is 0 Å². The van der Waals surface area contributed by atoms with E-state index >= 15 is 0 Å². The van der Waals surface area contributed by atoms with Gasteiger partial charge in [0.1, 0.15) is 5.69 Å². The zero-order valence-electron chi connectivity index (χ0n) is 12.4. The van der Waals surface area contributed by atoms with Crippen LogP contribution >= 0.6 is 15.9 Å². The first kappa shape index (κ1) is 14.6. The number of nitrogens with one attached hydrogen (secondary N) is 1. The predicted octanol–water partition coefficient (Wildman–Crippen LogP) is 2.18. The molecule has 1 saturated heterocycles. The summed E-state index contributed by atoms with van der Waals surface area (Å²) in [5.74, 6) is 0.0387. The van der Waals surface area contributed by atoms with Crippen molar-refractivity contribution >= 4 is 27.7 Å². The molecule has 1 atom stereocenters. The first-order valence-electron chi connectivity index (χ1n) is 7.33. The highest BCUT2D eigenvalue weighted by Gasteiger charge is 2.42. The van der Waals surface area contributed by atoms with Gasteiger partial charge in [-0.1, -0.05) is 0 Å². The Kier molecular flexibility index (Phi) is 3.59. The van der Waals surface area contributed by atoms with Crippen molar-refractivity contribution in [2.24, 2.45) is 5.41 Å². The van der Waals surface area contributed by atoms with Crippen LogP contribution < -0.4 is 5.32 Å². The molecule has 114 valence electrons. The smallest absolute Gasteiger partial charge is 0.270 e. The van der Waals surface area contributed by atoms with Crippen LogP contribution in [0, 0.1) is 5.41 Å². The lowest BCUT2D eigenvalue weighted by Gasteiger charge is -2.23. The predicted molar refractivity (Wildman–Crippen MR) is 83.1 cm³/mol. The van der Waals surface area contributed by atoms with E-state index in [2.05, 4.69) is 25.8 Å². The van der Waals surface area contributed by atoms with Crippen LogP contribution in [-0.2, 0) is 4.79 Å². The maximum atomic E-state index is 12.8. The molecule has 21 heavy (non-hydrogen) atoms. The zero-order chi connectivity index (χ0) is 15.2. The van der Waals surface area contributed by atoms with Crippen LogP contribution in [0.15, 0.2) is 16.7 Å². The van der Waals surface area contributed by atoms with Crippen molar-refractivity contribution in [3.63, 3.8) is 0 Å². The molecule has 1 N–H and O–H groups in total. The number of hydrogen-bond acceptors (Lipinski definition) is 2. The average Bonchev–Trinajstić information content (AvgIpc) is 3.13. The standard InChI is InChI=1S/C15H20BrN3O2/c1-15(14(21)17-2)5-6-18(9-15)13(20)12-7-10(16)8-19(12)11-3-4-11/h7-8,11H,3-6,9H2,1-2H3,(H,17,21). The Labute approximate surface area is 132 Å². The molecule has 1 aromatic heterocycles. The Morgan fingerprint density at radius 3 is 2.76 bits per heavy atom. The second-order valence-electron chi connectivity index (χ2n) is 6.30. The Morgan fingerprint density at radius 2 is 2.14 bits per heavy atom. The topological polar surface area (TPSA) is 54.3 Å². The van der Waals surface area contributed by atoms with Gasteiger partial charge in [-0.15, -0.1) is 0 Å². The van der Waals surface area contributed by atoms with E-state index in [0.29, 0.717) is 25.6 Å². The minimum Gasteiger partial charge on any atom is -0.359 e. The number of aromatic nitrogens is 1. The van der Waals surface area contributed by atoms with Crippen LogP contribution in [0.1, 0.15) is 42.7 Å². The van der Waals surface area contributed by atoms with Gasteiger partial charge in [-0.3, -0.25) is 9.59 Å². The second-order valence-corrected chi connectivity index (χ2v) is 7.21. The van der Waals surface area contributed by atoms with E-state index in [9.17, 15) is 9.59 Å². The van der Waals surface area contributed by atoms with Crippen molar-refractivity contribution < 1.29 is 9.59 Å². The van der Waals surface area contributed by atoms with Gasteiger partial charge in [-0.25, -0.2) is 0 Å². The highest BCUT2D eigenvalue weighted by atomic mass is 79.9. The fraction of sp³-hybridized carbons (Fsp3) is 0.600. The lowest BCUT2D eigenvalue weighted by atomic mass is 9.89. The van der Waals surface area contributed by atoms with Crippen LogP contribution in [0.25, 0.3) is 0 Å². The number of amides is 2. The lowest BCUT2D eigenvalue weighted by molar-refractivity contribution is -0.128. The number of carbonyl (C=O) groups is 2. The Hall–Kier alpha value is -1.30. The first-order chi connectivity index (χ1) is 9.94. The molecule has 0 radical (unpaired) electrons. The summed E-state index contributed by atoms with van der Waals surface area (Å²) < 4.78 is 3.01. The minimum atomic E-state index is -0.474. The molecular formula is C15H20BrN3O2. The number of nitrogens with zero attached hydrogens (tertiary/aromatic N) is 2. The van der Waals surface area contributed by atoms with Gasteiger partial charge in [0.05, 0.1) is 5.41 Å². The third kappa shape index (κ3) is 2.61. The Balaban J connectivity index is 1.79. The molecule has 2 amide bonds. The molecule has 3 rings (SSSR count). The number of carbonyl (C=O) groups excluding carboxylic acids is 2. The van der Waals surface area contributed by atoms with Gasteiger partial charge in [0.15, 0.2) is 0 Å². The molecule has 1 aromatic rings. The summed E-state index contributed by atoms with van der Waals surface area (Å²) in [5, 5.41) is 2.70. The normalized spacial score (nSPS) is 25.2. The molecule has 2 aliphatic rings. The molecule has 0 bridgehead atoms. The van der Waals surface area contributed by atoms with Gasteiger partial charge >= 0.3 is 0 Å². The Morgan fingerprint density at radius 1 is 1.43 bits per heavy atom. The maximum Gasteiger partial charge on any atom is 0.270 e. The monoisotopic (exact) mass is 353 g/mol. The molecule has 2 heterocycles. The van der Waals surface area contributed by atoms with Crippen LogP contribution in [0.3, 0.4) is 0 Å². The number of halogens is 1. The average molecular weight is 354 g/mol. The van der Waals surface area contributed by atoms with E-state index in [1.54, 1.807) is 11.9 Å². The maximum absolute atomic E-state index is 12.8. The molecule has 6 heteroatoms. The van der Waals surface area contributed by atoms with Crippen molar-refractivity contribution in [3.8, 4) is 0 Å². The molecular weight excluding hydrogens is 334 g/mol. The fourth-order valence-corrected chi connectivity index (χ4v) is 3.49. The van der Waals surface area contributed by atoms with Crippen LogP contribution in [-0.4, -0.2) is 41.4 Å². The summed E-state index contributed by atoms with van der Waals surface area (Å²) >= 11 is 3.46. The summed E-state index contributed by atoms with van der Waals surface area (Å²) in [7, 11) is 1.65. The van der Waals surface area contributed by atoms with Crippen molar-refractivity contribution in [2.45, 2.75) is 32.2 Å². The third-order valence-electron chi connectivity index (χ3n) is 4.51. The minimum absolute atomic E-state index is 0.0107. The molecule has 1 unspecified atom stereocenters. The molecule has 2 fully saturated rings. The van der Waals surface area contributed by atoms with E-state index in [4.69, 9.17) is 0 Å². The third-order valence-corrected chi connectivity index (χ3v) is 4.94. The lowest BCUT2D eigenvalue weighted by Crippen LogP contribution is -2.40. The van der Waals surface area contributed by atoms with Gasteiger partial charge in [-0.2, -0.15) is 0 Å². The number of hydrogen-bond donors (Lipinski definition) is 1. The quantitative estimate of drug-likeness (QED) is 0.905. The molecule has 1 saturated carbocycles. The van der Waals surface area contributed by atoms with Gasteiger partial charge in [0.25, 0.3) is 5.91 Å². The second kappa shape index (κ2) is 5.16. The van der Waals surface area contributed by atoms with Gasteiger partial charge < -0.3 is 14.8 Å². The van der Waals surface area contributed by atoms with E-state index in [0.717, 1.165) is 23.0 Å². The highest BCUT2D eigenvalue weighted by Crippen LogP contribution is 2.38. The molecule has 0 aromatic carbocycles. The highest BCUT2D eigenvalue weighted by molar-refractivity contribution is 9.10. The van der Waals surface area contributed by atoms with Gasteiger partial charge in [0.2, 0.25) is 5.91 Å². The van der Waals surface area contributed by atoms with Crippen LogP contribution in [0.2, 0.25) is 0 Å². The Bertz CT molecular complexity index is 594. The number of rotatable bonds is 3. The fourth-order valence-electron chi connectivity index (χ4n) is 3.06. The van der Waals surface area contributed by atoms with E-state index in [-0.39, 0.29) is 11.8 Å². The van der Waals surface area contributed by atoms with Crippen LogP contribution in [0.4, 0.5) is 0 Å². The largest absolute Gasteiger partial charge is 0.359 e. The molecule has 1 aliphatic heterocycles. The summed E-state index contributed by atoms with van der Waals surface area (Å²) in [6, 6.07) is 2.35. The van der Waals surface area contributed by atoms with E-state index in [1.807, 2.05) is 19.2 Å². The van der Waals surface area contributed by atoms with Crippen molar-refractivity contribution in [1.82, 2.24) is 14.8 Å². The number of likely N-dealkylation sites (tertiary alicyclic amines) is 1. The molecule has 0 spiro atoms. The summed E-state index contributed by atoms with van der Waals surface area (Å²) in [4.78, 5) is 26.5. The summed E-state index contributed by atoms with van der Waals surface area (Å²) in [5.41, 5.74) is 0.254. The zero-order valence-corrected chi connectivity index (χ0v) is 13.9. The molecule has 5 nitrogen and oxygen atoms in total. The summed E-state index contributed by atoms with van der Waals surface area (Å²) in [6.45, 7) is 3.05. The first-order valence-corrected chi connectivity index (χ1v) is 8.13.